The largest absolute Gasteiger partial charge is 0.388 e. The Labute approximate surface area is 575 Å². The van der Waals surface area contributed by atoms with Crippen molar-refractivity contribution in [3.05, 3.63) is 251 Å². The van der Waals surface area contributed by atoms with Gasteiger partial charge in [0.1, 0.15) is 85.4 Å². The Hall–Kier alpha value is -6.67. The molecule has 1 amide bonds. The Kier molecular flexibility index (Phi) is 25.1. The van der Waals surface area contributed by atoms with Crippen molar-refractivity contribution in [1.82, 2.24) is 5.32 Å². The molecule has 5 heterocycles. The monoisotopic (exact) mass is 1340 g/mol. The summed E-state index contributed by atoms with van der Waals surface area (Å²) in [6.45, 7) is 12.0. The van der Waals surface area contributed by atoms with Crippen LogP contribution >= 0.6 is 0 Å². The predicted octanol–water partition coefficient (Wildman–Crippen LogP) is 10.9. The van der Waals surface area contributed by atoms with Gasteiger partial charge in [-0.2, -0.15) is 0 Å². The van der Waals surface area contributed by atoms with Crippen LogP contribution in [0.4, 0.5) is 0 Å². The molecular formula is C79H93NO18. The van der Waals surface area contributed by atoms with Gasteiger partial charge in [0.05, 0.1) is 77.8 Å². The van der Waals surface area contributed by atoms with E-state index in [0.29, 0.717) is 0 Å². The minimum absolute atomic E-state index is 0.0180. The number of fused-ring (bicyclic) bond motifs is 1. The van der Waals surface area contributed by atoms with E-state index in [-0.39, 0.29) is 59.5 Å². The zero-order valence-electron chi connectivity index (χ0n) is 56.5. The molecule has 5 aliphatic rings. The Bertz CT molecular complexity index is 3460. The minimum atomic E-state index is -1.45. The van der Waals surface area contributed by atoms with Crippen LogP contribution in [0.2, 0.25) is 0 Å². The van der Waals surface area contributed by atoms with Crippen molar-refractivity contribution in [3.8, 4) is 0 Å². The van der Waals surface area contributed by atoms with Crippen LogP contribution in [-0.2, 0) is 127 Å². The molecule has 2 N–H and O–H groups in total. The van der Waals surface area contributed by atoms with Crippen molar-refractivity contribution in [1.29, 1.82) is 0 Å². The molecule has 0 radical (unpaired) electrons. The van der Waals surface area contributed by atoms with E-state index in [9.17, 15) is 9.90 Å². The van der Waals surface area contributed by atoms with Crippen molar-refractivity contribution in [2.24, 2.45) is 0 Å². The first-order valence-electron chi connectivity index (χ1n) is 34.2. The van der Waals surface area contributed by atoms with Crippen LogP contribution in [0.1, 0.15) is 80.5 Å². The molecule has 7 aromatic rings. The lowest BCUT2D eigenvalue weighted by molar-refractivity contribution is -0.412. The maximum absolute atomic E-state index is 13.5. The lowest BCUT2D eigenvalue weighted by Gasteiger charge is -2.53. The third-order valence-electron chi connectivity index (χ3n) is 18.4. The smallest absolute Gasteiger partial charge is 0.217 e. The number of carbonyl (C=O) groups is 1. The zero-order valence-corrected chi connectivity index (χ0v) is 56.5. The van der Waals surface area contributed by atoms with E-state index in [1.807, 2.05) is 233 Å². The highest BCUT2D eigenvalue weighted by Crippen LogP contribution is 2.41. The van der Waals surface area contributed by atoms with Crippen LogP contribution in [0.15, 0.2) is 212 Å². The maximum atomic E-state index is 13.5. The van der Waals surface area contributed by atoms with Gasteiger partial charge in [0, 0.05) is 6.92 Å². The number of carbonyl (C=O) groups excluding carboxylic acids is 1. The fourth-order valence-corrected chi connectivity index (χ4v) is 13.4. The number of benzene rings is 7. The van der Waals surface area contributed by atoms with E-state index >= 15 is 0 Å². The number of amides is 1. The van der Waals surface area contributed by atoms with Gasteiger partial charge in [-0.05, 0) is 73.6 Å². The lowest BCUT2D eigenvalue weighted by atomic mass is 9.93. The van der Waals surface area contributed by atoms with E-state index in [1.54, 1.807) is 13.8 Å². The summed E-state index contributed by atoms with van der Waals surface area (Å²) in [5.74, 6) is -1.55. The van der Waals surface area contributed by atoms with E-state index in [2.05, 4.69) is 5.32 Å². The molecule has 0 aliphatic carbocycles. The maximum Gasteiger partial charge on any atom is 0.217 e. The highest BCUT2D eigenvalue weighted by atomic mass is 16.8. The molecule has 20 atom stereocenters. The van der Waals surface area contributed by atoms with E-state index in [1.165, 1.54) is 6.92 Å². The van der Waals surface area contributed by atoms with Crippen LogP contribution in [0.25, 0.3) is 0 Å². The summed E-state index contributed by atoms with van der Waals surface area (Å²) in [5.41, 5.74) is 6.45. The lowest BCUT2D eigenvalue weighted by Crippen LogP contribution is -2.71. The molecule has 5 aliphatic heterocycles. The van der Waals surface area contributed by atoms with E-state index in [0.717, 1.165) is 38.9 Å². The van der Waals surface area contributed by atoms with Gasteiger partial charge in [-0.3, -0.25) is 4.79 Å². The third-order valence-corrected chi connectivity index (χ3v) is 18.4. The van der Waals surface area contributed by atoms with E-state index in [4.69, 9.17) is 75.8 Å². The summed E-state index contributed by atoms with van der Waals surface area (Å²) in [4.78, 5) is 13.5. The van der Waals surface area contributed by atoms with Gasteiger partial charge in [0.15, 0.2) is 24.7 Å². The summed E-state index contributed by atoms with van der Waals surface area (Å²) in [6.07, 6.45) is -19.0. The molecule has 98 heavy (non-hydrogen) atoms. The van der Waals surface area contributed by atoms with Gasteiger partial charge in [-0.25, -0.2) is 0 Å². The number of hydrogen-bond donors (Lipinski definition) is 2. The molecule has 5 fully saturated rings. The van der Waals surface area contributed by atoms with Crippen molar-refractivity contribution in [3.63, 3.8) is 0 Å². The molecule has 12 rings (SSSR count). The van der Waals surface area contributed by atoms with Gasteiger partial charge < -0.3 is 86.2 Å². The highest BCUT2D eigenvalue weighted by Gasteiger charge is 2.59. The fraction of sp³-hybridized carbons (Fsp3) is 0.456. The number of ether oxygens (including phenoxy) is 16. The summed E-state index contributed by atoms with van der Waals surface area (Å²) in [5, 5.41) is 15.5. The molecule has 0 spiro atoms. The van der Waals surface area contributed by atoms with Gasteiger partial charge >= 0.3 is 0 Å². The quantitative estimate of drug-likeness (QED) is 0.0449. The van der Waals surface area contributed by atoms with Gasteiger partial charge in [-0.1, -0.05) is 212 Å². The molecule has 7 aromatic carbocycles. The predicted molar refractivity (Wildman–Crippen MR) is 361 cm³/mol. The van der Waals surface area contributed by atoms with Crippen LogP contribution in [0.3, 0.4) is 0 Å². The molecule has 5 saturated heterocycles. The molecular weight excluding hydrogens is 1250 g/mol. The van der Waals surface area contributed by atoms with Crippen LogP contribution in [0, 0.1) is 0 Å². The first-order valence-corrected chi connectivity index (χ1v) is 34.2. The van der Waals surface area contributed by atoms with Gasteiger partial charge in [0.25, 0.3) is 0 Å². The normalized spacial score (nSPS) is 31.6. The molecule has 8 unspecified atom stereocenters. The first-order chi connectivity index (χ1) is 47.8. The number of rotatable bonds is 29. The Morgan fingerprint density at radius 3 is 1.23 bits per heavy atom. The highest BCUT2D eigenvalue weighted by molar-refractivity contribution is 5.73. The van der Waals surface area contributed by atoms with Crippen molar-refractivity contribution in [2.45, 2.75) is 216 Å². The number of hydrogen-bond acceptors (Lipinski definition) is 18. The average molecular weight is 1340 g/mol. The molecule has 19 nitrogen and oxygen atoms in total. The number of aliphatic hydroxyl groups excluding tert-OH is 1. The average Bonchev–Trinajstić information content (AvgIpc) is 0.759. The molecule has 0 bridgehead atoms. The summed E-state index contributed by atoms with van der Waals surface area (Å²) < 4.78 is 113. The minimum Gasteiger partial charge on any atom is -0.388 e. The Morgan fingerprint density at radius 1 is 0.418 bits per heavy atom. The van der Waals surface area contributed by atoms with Crippen LogP contribution in [-0.4, -0.2) is 153 Å². The number of aliphatic hydroxyl groups is 1. The molecule has 0 saturated carbocycles. The number of nitrogens with one attached hydrogen (secondary N) is 1. The van der Waals surface area contributed by atoms with Crippen LogP contribution < -0.4 is 5.32 Å². The molecule has 522 valence electrons. The van der Waals surface area contributed by atoms with Gasteiger partial charge in [-0.15, -0.1) is 0 Å². The third kappa shape index (κ3) is 18.8. The fourth-order valence-electron chi connectivity index (χ4n) is 13.4. The standard InChI is InChI=1S/C79H93NO18/c1-51-66(84-43-56-30-16-8-17-31-56)71(87-46-59-36-22-11-23-37-59)68(53(3)91-51)95-78-75(97-76-64(80-54(4)81)65(82)69-63(93-76)50-90-79(5,6)98-69)73(67(52(2)92-78)85-44-57-32-18-9-19-33-57)96-77-74(89-48-61-40-26-13-27-41-61)72(88-47-60-38-24-12-25-39-60)70(86-45-58-34-20-10-21-35-58)62(94-77)49-83-42-55-28-14-7-15-29-55/h7-41,51-53,62-78,82H,42-50H2,1-6H3,(H,80,81)/t51?,52?,53-,62-,63?,64?,65+,66-,67-,68?,69+,70+,71-,72?,73-,74?,75?,76-,77+,78-/m0/s1. The summed E-state index contributed by atoms with van der Waals surface area (Å²) in [6, 6.07) is 68.0. The topological polar surface area (TPSA) is 197 Å². The van der Waals surface area contributed by atoms with Gasteiger partial charge in [0.2, 0.25) is 5.91 Å². The second kappa shape index (κ2) is 34.6. The first kappa shape index (κ1) is 71.2. The van der Waals surface area contributed by atoms with Crippen molar-refractivity contribution >= 4 is 5.91 Å². The Balaban J connectivity index is 0.984. The SMILES string of the molecule is CC(=O)NC1[C@H](OC2[C@H](OC3[C@H](C)OC(C)[C@H](OCc4ccccc4)[C@@H]3OCc3ccccc3)OC(C)[C@H](OCc3ccccc3)[C@@H]2O[C@H]2O[C@@H](COCc3ccccc3)[C@@H](OCc3ccccc3)C(OCc3ccccc3)C2OCc2ccccc2)OC2COC(C)(C)O[C@H]2[C@@H]1O. The zero-order chi connectivity index (χ0) is 67.8. The second-order valence-corrected chi connectivity index (χ2v) is 26.2. The molecule has 19 heteroatoms. The Morgan fingerprint density at radius 2 is 0.776 bits per heavy atom. The van der Waals surface area contributed by atoms with Crippen molar-refractivity contribution in [2.75, 3.05) is 13.2 Å². The van der Waals surface area contributed by atoms with Crippen molar-refractivity contribution < 1.29 is 85.7 Å². The summed E-state index contributed by atoms with van der Waals surface area (Å²) >= 11 is 0. The van der Waals surface area contributed by atoms with Crippen LogP contribution in [0.5, 0.6) is 0 Å². The van der Waals surface area contributed by atoms with E-state index < -0.39 is 134 Å². The second-order valence-electron chi connectivity index (χ2n) is 26.2. The summed E-state index contributed by atoms with van der Waals surface area (Å²) in [7, 11) is 0. The molecule has 0 aromatic heterocycles.